The summed E-state index contributed by atoms with van der Waals surface area (Å²) in [7, 11) is 1.63. The molecule has 0 amide bonds. The van der Waals surface area contributed by atoms with E-state index in [1.54, 1.807) is 7.11 Å². The van der Waals surface area contributed by atoms with Crippen molar-refractivity contribution in [2.24, 2.45) is 21.5 Å². The highest BCUT2D eigenvalue weighted by atomic mass is 35.5. The fourth-order valence-corrected chi connectivity index (χ4v) is 3.08. The number of nitrogens with two attached hydrogens (primary N) is 2. The van der Waals surface area contributed by atoms with Crippen LogP contribution in [0.2, 0.25) is 0 Å². The van der Waals surface area contributed by atoms with Crippen molar-refractivity contribution >= 4 is 47.5 Å². The highest BCUT2D eigenvalue weighted by Crippen LogP contribution is 2.35. The Morgan fingerprint density at radius 3 is 1.94 bits per heavy atom. The second-order valence-corrected chi connectivity index (χ2v) is 7.49. The number of nitrogens with zero attached hydrogens (tertiary/aromatic N) is 2. The van der Waals surface area contributed by atoms with Gasteiger partial charge in [0.25, 0.3) is 0 Å². The van der Waals surface area contributed by atoms with Crippen LogP contribution in [0.4, 0.5) is 0 Å². The molecule has 3 aromatic rings. The maximum absolute atomic E-state index is 6.11. The van der Waals surface area contributed by atoms with Crippen LogP contribution >= 0.6 is 24.8 Å². The molecule has 6 nitrogen and oxygen atoms in total. The van der Waals surface area contributed by atoms with Crippen molar-refractivity contribution < 1.29 is 9.15 Å². The second-order valence-electron chi connectivity index (χ2n) is 7.49. The summed E-state index contributed by atoms with van der Waals surface area (Å²) in [5.41, 5.74) is 15.4. The Balaban J connectivity index is 0.00000240. The number of hydrogen-bond donors (Lipinski definition) is 2. The highest BCUT2D eigenvalue weighted by Gasteiger charge is 2.14. The maximum Gasteiger partial charge on any atom is 0.139 e. The number of hydrogen-bond acceptors (Lipinski definition) is 4. The van der Waals surface area contributed by atoms with Crippen LogP contribution < -0.4 is 16.2 Å². The maximum atomic E-state index is 6.11. The van der Waals surface area contributed by atoms with Crippen molar-refractivity contribution in [1.29, 1.82) is 0 Å². The Labute approximate surface area is 195 Å². The number of benzene rings is 2. The molecular weight excluding hydrogens is 435 g/mol. The zero-order chi connectivity index (χ0) is 21.1. The number of fused-ring (bicyclic) bond motifs is 1. The van der Waals surface area contributed by atoms with Crippen molar-refractivity contribution in [3.8, 4) is 17.1 Å². The second kappa shape index (κ2) is 11.1. The minimum absolute atomic E-state index is 0. The van der Waals surface area contributed by atoms with Crippen LogP contribution in [0.3, 0.4) is 0 Å². The molecule has 1 aromatic heterocycles. The van der Waals surface area contributed by atoms with E-state index in [0.717, 1.165) is 27.7 Å². The molecule has 4 N–H and O–H groups in total. The summed E-state index contributed by atoms with van der Waals surface area (Å²) in [6.45, 7) is 7.95. The fraction of sp³-hybridized carbons (Fsp3) is 0.304. The van der Waals surface area contributed by atoms with Gasteiger partial charge in [-0.1, -0.05) is 18.2 Å². The van der Waals surface area contributed by atoms with E-state index in [-0.39, 0.29) is 36.9 Å². The predicted octanol–water partition coefficient (Wildman–Crippen LogP) is 5.18. The summed E-state index contributed by atoms with van der Waals surface area (Å²) in [6.07, 6.45) is 0. The lowest BCUT2D eigenvalue weighted by atomic mass is 10.1. The van der Waals surface area contributed by atoms with Crippen molar-refractivity contribution in [2.45, 2.75) is 39.8 Å². The molecule has 8 heteroatoms. The van der Waals surface area contributed by atoms with Crippen molar-refractivity contribution in [2.75, 3.05) is 7.11 Å². The molecule has 0 spiro atoms. The average molecular weight is 465 g/mol. The van der Waals surface area contributed by atoms with E-state index < -0.39 is 0 Å². The third-order valence-electron chi connectivity index (χ3n) is 4.37. The van der Waals surface area contributed by atoms with E-state index in [1.807, 2.05) is 70.2 Å². The molecule has 3 rings (SSSR count). The number of amidine groups is 2. The molecule has 0 atom stereocenters. The zero-order valence-electron chi connectivity index (χ0n) is 18.4. The lowest BCUT2D eigenvalue weighted by Gasteiger charge is -2.09. The molecule has 0 aliphatic heterocycles. The topological polar surface area (TPSA) is 99.1 Å². The van der Waals surface area contributed by atoms with Gasteiger partial charge >= 0.3 is 0 Å². The van der Waals surface area contributed by atoms with Gasteiger partial charge in [-0.3, -0.25) is 9.98 Å². The largest absolute Gasteiger partial charge is 0.496 e. The van der Waals surface area contributed by atoms with Crippen LogP contribution in [0.25, 0.3) is 22.3 Å². The first kappa shape index (κ1) is 26.3. The van der Waals surface area contributed by atoms with E-state index in [9.17, 15) is 0 Å². The third kappa shape index (κ3) is 6.15. The molecule has 0 unspecified atom stereocenters. The van der Waals surface area contributed by atoms with E-state index in [2.05, 4.69) is 9.98 Å². The molecule has 0 aliphatic rings. The van der Waals surface area contributed by atoms with Gasteiger partial charge in [-0.15, -0.1) is 24.8 Å². The molecule has 2 aromatic carbocycles. The van der Waals surface area contributed by atoms with Crippen LogP contribution in [0.1, 0.15) is 38.8 Å². The monoisotopic (exact) mass is 464 g/mol. The first-order chi connectivity index (χ1) is 13.8. The van der Waals surface area contributed by atoms with Crippen LogP contribution in [-0.2, 0) is 0 Å². The van der Waals surface area contributed by atoms with Crippen LogP contribution in [0, 0.1) is 0 Å². The number of ether oxygens (including phenoxy) is 1. The summed E-state index contributed by atoms with van der Waals surface area (Å²) in [4.78, 5) is 8.80. The van der Waals surface area contributed by atoms with Crippen molar-refractivity contribution in [3.05, 3.63) is 53.6 Å². The first-order valence-electron chi connectivity index (χ1n) is 9.67. The quantitative estimate of drug-likeness (QED) is 0.387. The highest BCUT2D eigenvalue weighted by molar-refractivity contribution is 6.01. The summed E-state index contributed by atoms with van der Waals surface area (Å²) < 4.78 is 11.7. The molecule has 168 valence electrons. The van der Waals surface area contributed by atoms with E-state index in [1.165, 1.54) is 0 Å². The van der Waals surface area contributed by atoms with Gasteiger partial charge in [-0.25, -0.2) is 0 Å². The number of rotatable bonds is 6. The minimum atomic E-state index is 0. The van der Waals surface area contributed by atoms with Gasteiger partial charge in [0.05, 0.1) is 12.7 Å². The van der Waals surface area contributed by atoms with E-state index in [4.69, 9.17) is 20.6 Å². The smallest absolute Gasteiger partial charge is 0.139 e. The lowest BCUT2D eigenvalue weighted by molar-refractivity contribution is 0.415. The normalized spacial score (nSPS) is 12.1. The Morgan fingerprint density at radius 1 is 0.839 bits per heavy atom. The number of halogens is 2. The minimum Gasteiger partial charge on any atom is -0.496 e. The molecule has 0 saturated heterocycles. The summed E-state index contributed by atoms with van der Waals surface area (Å²) in [5, 5.41) is 0.980. The zero-order valence-corrected chi connectivity index (χ0v) is 20.0. The standard InChI is InChI=1S/C23H28N4O2.2ClH/c1-13(2)26-22(24)16-7-6-15-10-21(29-19(15)11-16)18-9-8-17(12-20(18)28-5)23(25)27-14(3)4;;/h6-14H,1-5H3,(H2,24,26)(H2,25,27);2*1H. The first-order valence-corrected chi connectivity index (χ1v) is 9.67. The molecule has 31 heavy (non-hydrogen) atoms. The number of aliphatic imine (C=N–C) groups is 2. The van der Waals surface area contributed by atoms with Crippen LogP contribution in [0.15, 0.2) is 56.9 Å². The van der Waals surface area contributed by atoms with Crippen LogP contribution in [-0.4, -0.2) is 30.9 Å². The fourth-order valence-electron chi connectivity index (χ4n) is 3.08. The molecule has 0 saturated carbocycles. The van der Waals surface area contributed by atoms with Gasteiger partial charge in [0, 0.05) is 28.6 Å². The van der Waals surface area contributed by atoms with Gasteiger partial charge in [-0.2, -0.15) is 0 Å². The van der Waals surface area contributed by atoms with E-state index >= 15 is 0 Å². The molecule has 0 fully saturated rings. The molecular formula is C23H30Cl2N4O2. The average Bonchev–Trinajstić information content (AvgIpc) is 3.09. The summed E-state index contributed by atoms with van der Waals surface area (Å²) >= 11 is 0. The molecule has 0 bridgehead atoms. The van der Waals surface area contributed by atoms with Gasteiger partial charge in [0.15, 0.2) is 0 Å². The van der Waals surface area contributed by atoms with Gasteiger partial charge in [0.2, 0.25) is 0 Å². The third-order valence-corrected chi connectivity index (χ3v) is 4.37. The molecule has 0 aliphatic carbocycles. The Kier molecular flexibility index (Phi) is 9.40. The predicted molar refractivity (Wildman–Crippen MR) is 134 cm³/mol. The summed E-state index contributed by atoms with van der Waals surface area (Å²) in [5.74, 6) is 2.37. The SMILES string of the molecule is COc1cc(C(N)=NC(C)C)ccc1-c1cc2ccc(C(N)=NC(C)C)cc2o1.Cl.Cl. The Bertz CT molecular complexity index is 1090. The van der Waals surface area contributed by atoms with Gasteiger partial charge in [0.1, 0.15) is 28.8 Å². The number of furan rings is 1. The van der Waals surface area contributed by atoms with Gasteiger partial charge < -0.3 is 20.6 Å². The van der Waals surface area contributed by atoms with Crippen molar-refractivity contribution in [1.82, 2.24) is 0 Å². The van der Waals surface area contributed by atoms with Crippen LogP contribution in [0.5, 0.6) is 5.75 Å². The lowest BCUT2D eigenvalue weighted by Crippen LogP contribution is -2.15. The molecule has 1 heterocycles. The van der Waals surface area contributed by atoms with E-state index in [0.29, 0.717) is 23.2 Å². The Hall–Kier alpha value is -2.70. The van der Waals surface area contributed by atoms with Gasteiger partial charge in [-0.05, 0) is 52.0 Å². The molecule has 0 radical (unpaired) electrons. The Morgan fingerprint density at radius 2 is 1.39 bits per heavy atom. The van der Waals surface area contributed by atoms with Crippen molar-refractivity contribution in [3.63, 3.8) is 0 Å². The summed E-state index contributed by atoms with van der Waals surface area (Å²) in [6, 6.07) is 13.8. The number of methoxy groups -OCH3 is 1.